The molecule has 0 bridgehead atoms. The minimum absolute atomic E-state index is 0.0203. The van der Waals surface area contributed by atoms with Crippen LogP contribution in [0.15, 0.2) is 12.1 Å². The van der Waals surface area contributed by atoms with Crippen molar-refractivity contribution >= 4 is 23.2 Å². The molecule has 0 saturated heterocycles. The van der Waals surface area contributed by atoms with Crippen molar-refractivity contribution in [1.29, 1.82) is 0 Å². The van der Waals surface area contributed by atoms with Crippen molar-refractivity contribution in [1.82, 2.24) is 9.88 Å². The number of fused-ring (bicyclic) bond motifs is 1. The molecule has 3 rings (SSSR count). The van der Waals surface area contributed by atoms with Crippen LogP contribution in [-0.4, -0.2) is 36.1 Å². The van der Waals surface area contributed by atoms with Gasteiger partial charge in [0.25, 0.3) is 0 Å². The fourth-order valence-corrected chi connectivity index (χ4v) is 4.50. The predicted molar refractivity (Wildman–Crippen MR) is 118 cm³/mol. The highest BCUT2D eigenvalue weighted by Crippen LogP contribution is 2.43. The molecule has 1 aromatic carbocycles. The molecule has 2 aromatic rings. The minimum Gasteiger partial charge on any atom is -0.370 e. The molecule has 2 heterocycles. The van der Waals surface area contributed by atoms with Gasteiger partial charge in [0, 0.05) is 31.4 Å². The van der Waals surface area contributed by atoms with Crippen molar-refractivity contribution in [3.8, 4) is 0 Å². The molecule has 5 heteroatoms. The van der Waals surface area contributed by atoms with Gasteiger partial charge in [0.05, 0.1) is 17.9 Å². The standard InChI is InChI=1S/C23H34N4O/c1-8-10-11-26(9-2)21-18(6)24-22-19(21)14-25(7)23(28)27(22)20-16(4)12-15(3)13-17(20)5/h12-13,24H,8-11,14H2,1-7H3. The number of urea groups is 1. The van der Waals surface area contributed by atoms with Crippen molar-refractivity contribution in [3.05, 3.63) is 40.1 Å². The maximum Gasteiger partial charge on any atom is 0.330 e. The van der Waals surface area contributed by atoms with Gasteiger partial charge < -0.3 is 14.8 Å². The Bertz CT molecular complexity index is 860. The van der Waals surface area contributed by atoms with Crippen molar-refractivity contribution in [2.75, 3.05) is 29.9 Å². The smallest absolute Gasteiger partial charge is 0.330 e. The second-order valence-corrected chi connectivity index (χ2v) is 8.08. The first-order valence-electron chi connectivity index (χ1n) is 10.4. The van der Waals surface area contributed by atoms with Gasteiger partial charge in [0.1, 0.15) is 5.82 Å². The van der Waals surface area contributed by atoms with E-state index in [0.29, 0.717) is 6.54 Å². The summed E-state index contributed by atoms with van der Waals surface area (Å²) in [5.74, 6) is 0.931. The van der Waals surface area contributed by atoms with Gasteiger partial charge in [-0.25, -0.2) is 9.69 Å². The van der Waals surface area contributed by atoms with Crippen LogP contribution in [0.5, 0.6) is 0 Å². The van der Waals surface area contributed by atoms with Crippen LogP contribution in [0.25, 0.3) is 0 Å². The second-order valence-electron chi connectivity index (χ2n) is 8.08. The van der Waals surface area contributed by atoms with E-state index < -0.39 is 0 Å². The average Bonchev–Trinajstić information content (AvgIpc) is 2.94. The molecule has 5 nitrogen and oxygen atoms in total. The number of aromatic amines is 1. The minimum atomic E-state index is 0.0203. The Kier molecular flexibility index (Phi) is 5.73. The first-order chi connectivity index (χ1) is 13.3. The van der Waals surface area contributed by atoms with Gasteiger partial charge in [-0.1, -0.05) is 31.0 Å². The number of nitrogens with zero attached hydrogens (tertiary/aromatic N) is 3. The molecule has 1 aliphatic rings. The number of hydrogen-bond donors (Lipinski definition) is 1. The molecular formula is C23H34N4O. The highest BCUT2D eigenvalue weighted by Gasteiger charge is 2.36. The lowest BCUT2D eigenvalue weighted by atomic mass is 10.0. The van der Waals surface area contributed by atoms with E-state index in [0.717, 1.165) is 41.4 Å². The molecule has 0 unspecified atom stereocenters. The third-order valence-corrected chi connectivity index (χ3v) is 5.71. The molecule has 0 atom stereocenters. The quantitative estimate of drug-likeness (QED) is 0.709. The number of rotatable bonds is 6. The normalized spacial score (nSPS) is 13.9. The van der Waals surface area contributed by atoms with Crippen LogP contribution in [-0.2, 0) is 6.54 Å². The SMILES string of the molecule is CCCCN(CC)c1c(C)[nH]c2c1CN(C)C(=O)N2c1c(C)cc(C)cc1C. The lowest BCUT2D eigenvalue weighted by Crippen LogP contribution is -2.43. The van der Waals surface area contributed by atoms with Gasteiger partial charge in [0.15, 0.2) is 0 Å². The third-order valence-electron chi connectivity index (χ3n) is 5.71. The predicted octanol–water partition coefficient (Wildman–Crippen LogP) is 5.58. The zero-order chi connectivity index (χ0) is 20.6. The number of H-pyrrole nitrogens is 1. The summed E-state index contributed by atoms with van der Waals surface area (Å²) < 4.78 is 0. The van der Waals surface area contributed by atoms with Crippen LogP contribution in [0, 0.1) is 27.7 Å². The lowest BCUT2D eigenvalue weighted by Gasteiger charge is -2.36. The Morgan fingerprint density at radius 2 is 1.75 bits per heavy atom. The van der Waals surface area contributed by atoms with Crippen LogP contribution >= 0.6 is 0 Å². The molecule has 0 fully saturated rings. The average molecular weight is 383 g/mol. The van der Waals surface area contributed by atoms with Gasteiger partial charge >= 0.3 is 6.03 Å². The number of carbonyl (C=O) groups is 1. The molecule has 1 N–H and O–H groups in total. The zero-order valence-corrected chi connectivity index (χ0v) is 18.4. The highest BCUT2D eigenvalue weighted by molar-refractivity contribution is 6.03. The van der Waals surface area contributed by atoms with Crippen molar-refractivity contribution in [3.63, 3.8) is 0 Å². The van der Waals surface area contributed by atoms with E-state index in [1.165, 1.54) is 29.7 Å². The van der Waals surface area contributed by atoms with Gasteiger partial charge in [-0.05, 0) is 52.2 Å². The number of anilines is 3. The summed E-state index contributed by atoms with van der Waals surface area (Å²) in [6, 6.07) is 4.33. The molecule has 0 spiro atoms. The number of hydrogen-bond acceptors (Lipinski definition) is 2. The molecule has 0 saturated carbocycles. The van der Waals surface area contributed by atoms with Crippen LogP contribution in [0.3, 0.4) is 0 Å². The number of nitrogens with one attached hydrogen (secondary N) is 1. The molecule has 28 heavy (non-hydrogen) atoms. The number of unbranched alkanes of at least 4 members (excludes halogenated alkanes) is 1. The summed E-state index contributed by atoms with van der Waals surface area (Å²) in [4.78, 5) is 22.9. The number of benzene rings is 1. The monoisotopic (exact) mass is 382 g/mol. The Hall–Kier alpha value is -2.43. The van der Waals surface area contributed by atoms with Crippen molar-refractivity contribution in [2.45, 2.75) is 60.9 Å². The van der Waals surface area contributed by atoms with Crippen LogP contribution in [0.2, 0.25) is 0 Å². The number of carbonyl (C=O) groups excluding carboxylic acids is 1. The van der Waals surface area contributed by atoms with E-state index in [1.54, 1.807) is 0 Å². The van der Waals surface area contributed by atoms with Crippen molar-refractivity contribution < 1.29 is 4.79 Å². The summed E-state index contributed by atoms with van der Waals surface area (Å²) in [5.41, 5.74) is 8.08. The van der Waals surface area contributed by atoms with Crippen molar-refractivity contribution in [2.24, 2.45) is 0 Å². The fraction of sp³-hybridized carbons (Fsp3) is 0.522. The summed E-state index contributed by atoms with van der Waals surface area (Å²) in [7, 11) is 1.89. The van der Waals surface area contributed by atoms with E-state index >= 15 is 0 Å². The van der Waals surface area contributed by atoms with Gasteiger partial charge in [-0.15, -0.1) is 0 Å². The van der Waals surface area contributed by atoms with E-state index in [4.69, 9.17) is 0 Å². The van der Waals surface area contributed by atoms with Crippen LogP contribution in [0.4, 0.5) is 22.0 Å². The van der Waals surface area contributed by atoms with Gasteiger partial charge in [-0.2, -0.15) is 0 Å². The van der Waals surface area contributed by atoms with E-state index in [-0.39, 0.29) is 6.03 Å². The van der Waals surface area contributed by atoms with Gasteiger partial charge in [-0.3, -0.25) is 0 Å². The molecular weight excluding hydrogens is 348 g/mol. The number of aromatic nitrogens is 1. The molecule has 1 aliphatic heterocycles. The summed E-state index contributed by atoms with van der Waals surface area (Å²) in [6.45, 7) is 15.5. The van der Waals surface area contributed by atoms with E-state index in [2.05, 4.69) is 63.6 Å². The topological polar surface area (TPSA) is 42.6 Å². The molecule has 1 aromatic heterocycles. The molecule has 2 amide bonds. The Morgan fingerprint density at radius 3 is 2.32 bits per heavy atom. The highest BCUT2D eigenvalue weighted by atomic mass is 16.2. The Morgan fingerprint density at radius 1 is 1.11 bits per heavy atom. The summed E-state index contributed by atoms with van der Waals surface area (Å²) >= 11 is 0. The summed E-state index contributed by atoms with van der Waals surface area (Å²) in [5, 5.41) is 0. The fourth-order valence-electron chi connectivity index (χ4n) is 4.50. The molecule has 152 valence electrons. The third kappa shape index (κ3) is 3.38. The largest absolute Gasteiger partial charge is 0.370 e. The zero-order valence-electron chi connectivity index (χ0n) is 18.4. The first kappa shape index (κ1) is 20.3. The Labute approximate surface area is 169 Å². The van der Waals surface area contributed by atoms with Crippen LogP contribution < -0.4 is 9.80 Å². The molecule has 0 aliphatic carbocycles. The maximum atomic E-state index is 13.2. The second kappa shape index (κ2) is 7.90. The maximum absolute atomic E-state index is 13.2. The van der Waals surface area contributed by atoms with Crippen LogP contribution in [0.1, 0.15) is 54.6 Å². The summed E-state index contributed by atoms with van der Waals surface area (Å²) in [6.07, 6.45) is 2.34. The first-order valence-corrected chi connectivity index (χ1v) is 10.4. The lowest BCUT2D eigenvalue weighted by molar-refractivity contribution is 0.213. The van der Waals surface area contributed by atoms with E-state index in [1.807, 2.05) is 16.8 Å². The number of aryl methyl sites for hydroxylation is 4. The van der Waals surface area contributed by atoms with E-state index in [9.17, 15) is 4.79 Å². The molecule has 0 radical (unpaired) electrons. The van der Waals surface area contributed by atoms with Gasteiger partial charge in [0.2, 0.25) is 0 Å². The number of amides is 2. The Balaban J connectivity index is 2.17.